The summed E-state index contributed by atoms with van der Waals surface area (Å²) >= 11 is 0. The Labute approximate surface area is 134 Å². The molecule has 0 radical (unpaired) electrons. The van der Waals surface area contributed by atoms with Crippen LogP contribution in [0.1, 0.15) is 29.2 Å². The number of nitrogens with zero attached hydrogens (tertiary/aromatic N) is 1. The summed E-state index contributed by atoms with van der Waals surface area (Å²) in [7, 11) is 0. The Morgan fingerprint density at radius 3 is 3.13 bits per heavy atom. The maximum absolute atomic E-state index is 12.2. The minimum atomic E-state index is -0.0589. The molecule has 4 rings (SSSR count). The first-order chi connectivity index (χ1) is 11.3. The van der Waals surface area contributed by atoms with Gasteiger partial charge in [0.15, 0.2) is 0 Å². The number of benzene rings is 2. The lowest BCUT2D eigenvalue weighted by atomic mass is 10.1. The van der Waals surface area contributed by atoms with Crippen LogP contribution in [0.15, 0.2) is 54.7 Å². The van der Waals surface area contributed by atoms with Crippen LogP contribution in [-0.2, 0) is 11.2 Å². The van der Waals surface area contributed by atoms with E-state index in [-0.39, 0.29) is 11.9 Å². The predicted molar refractivity (Wildman–Crippen MR) is 90.8 cm³/mol. The highest BCUT2D eigenvalue weighted by Crippen LogP contribution is 2.30. The summed E-state index contributed by atoms with van der Waals surface area (Å²) in [5, 5.41) is 11.1. The fraction of sp³-hybridized carbons (Fsp3) is 0.158. The van der Waals surface area contributed by atoms with Crippen LogP contribution in [0.5, 0.6) is 0 Å². The number of aromatic amines is 1. The van der Waals surface area contributed by atoms with Gasteiger partial charge >= 0.3 is 0 Å². The molecule has 0 saturated heterocycles. The van der Waals surface area contributed by atoms with Crippen LogP contribution in [0, 0.1) is 0 Å². The van der Waals surface area contributed by atoms with Crippen LogP contribution in [0.2, 0.25) is 0 Å². The molecule has 0 saturated carbocycles. The second-order valence-electron chi connectivity index (χ2n) is 5.85. The molecular formula is C19H17N3O. The zero-order valence-electron chi connectivity index (χ0n) is 12.6. The van der Waals surface area contributed by atoms with Gasteiger partial charge in [-0.3, -0.25) is 9.89 Å². The van der Waals surface area contributed by atoms with Gasteiger partial charge in [0.05, 0.1) is 17.8 Å². The van der Waals surface area contributed by atoms with E-state index in [9.17, 15) is 4.79 Å². The maximum atomic E-state index is 12.2. The highest BCUT2D eigenvalue weighted by Gasteiger charge is 2.22. The van der Waals surface area contributed by atoms with Gasteiger partial charge < -0.3 is 5.32 Å². The summed E-state index contributed by atoms with van der Waals surface area (Å²) in [6.07, 6.45) is 7.21. The molecule has 1 aromatic heterocycles. The lowest BCUT2D eigenvalue weighted by Crippen LogP contribution is -2.25. The monoisotopic (exact) mass is 303 g/mol. The molecule has 4 nitrogen and oxygen atoms in total. The quantitative estimate of drug-likeness (QED) is 0.729. The van der Waals surface area contributed by atoms with Crippen LogP contribution in [-0.4, -0.2) is 16.1 Å². The Bertz CT molecular complexity index is 894. The van der Waals surface area contributed by atoms with Gasteiger partial charge in [-0.2, -0.15) is 5.10 Å². The lowest BCUT2D eigenvalue weighted by Gasteiger charge is -2.12. The van der Waals surface area contributed by atoms with Crippen LogP contribution >= 0.6 is 0 Å². The Morgan fingerprint density at radius 1 is 1.26 bits per heavy atom. The highest BCUT2D eigenvalue weighted by atomic mass is 16.1. The fourth-order valence-electron chi connectivity index (χ4n) is 3.16. The maximum Gasteiger partial charge on any atom is 0.244 e. The van der Waals surface area contributed by atoms with E-state index in [0.29, 0.717) is 0 Å². The Morgan fingerprint density at radius 2 is 2.17 bits per heavy atom. The Hall–Kier alpha value is -2.88. The van der Waals surface area contributed by atoms with Crippen molar-refractivity contribution >= 4 is 22.9 Å². The zero-order valence-corrected chi connectivity index (χ0v) is 12.6. The molecule has 114 valence electrons. The summed E-state index contributed by atoms with van der Waals surface area (Å²) in [5.41, 5.74) is 4.53. The average molecular weight is 303 g/mol. The average Bonchev–Trinajstić information content (AvgIpc) is 3.20. The first-order valence-corrected chi connectivity index (χ1v) is 7.79. The molecule has 23 heavy (non-hydrogen) atoms. The minimum absolute atomic E-state index is 0.0589. The van der Waals surface area contributed by atoms with Gasteiger partial charge in [-0.15, -0.1) is 0 Å². The summed E-state index contributed by atoms with van der Waals surface area (Å²) in [6, 6.07) is 14.4. The topological polar surface area (TPSA) is 57.8 Å². The van der Waals surface area contributed by atoms with Crippen molar-refractivity contribution in [3.05, 3.63) is 71.4 Å². The molecule has 2 aromatic carbocycles. The molecule has 3 aromatic rings. The van der Waals surface area contributed by atoms with Crippen LogP contribution in [0.25, 0.3) is 17.0 Å². The van der Waals surface area contributed by atoms with E-state index in [1.807, 2.05) is 30.3 Å². The molecule has 0 fully saturated rings. The van der Waals surface area contributed by atoms with Gasteiger partial charge in [0, 0.05) is 11.5 Å². The first kappa shape index (κ1) is 13.8. The summed E-state index contributed by atoms with van der Waals surface area (Å²) < 4.78 is 0. The van der Waals surface area contributed by atoms with E-state index in [2.05, 4.69) is 33.7 Å². The Kier molecular flexibility index (Phi) is 3.42. The number of carbonyl (C=O) groups excluding carboxylic acids is 1. The fourth-order valence-corrected chi connectivity index (χ4v) is 3.16. The molecular weight excluding hydrogens is 286 g/mol. The predicted octanol–water partition coefficient (Wildman–Crippen LogP) is 3.38. The third-order valence-electron chi connectivity index (χ3n) is 4.34. The van der Waals surface area contributed by atoms with Crippen LogP contribution in [0.3, 0.4) is 0 Å². The second-order valence-corrected chi connectivity index (χ2v) is 5.85. The number of rotatable bonds is 3. The number of hydrogen-bond donors (Lipinski definition) is 2. The van der Waals surface area contributed by atoms with Crippen LogP contribution < -0.4 is 5.32 Å². The number of H-pyrrole nitrogens is 1. The van der Waals surface area contributed by atoms with Crippen molar-refractivity contribution in [1.29, 1.82) is 0 Å². The number of nitrogens with one attached hydrogen (secondary N) is 2. The van der Waals surface area contributed by atoms with Crippen LogP contribution in [0.4, 0.5) is 0 Å². The third-order valence-corrected chi connectivity index (χ3v) is 4.34. The highest BCUT2D eigenvalue weighted by molar-refractivity contribution is 5.92. The molecule has 1 unspecified atom stereocenters. The molecule has 0 aliphatic heterocycles. The van der Waals surface area contributed by atoms with E-state index in [1.165, 1.54) is 11.1 Å². The number of aryl methyl sites for hydroxylation is 1. The van der Waals surface area contributed by atoms with Gasteiger partial charge in [0.25, 0.3) is 0 Å². The standard InChI is InChI=1S/C19H17N3O/c23-19(21-17-9-8-14-3-1-2-4-16(14)17)10-6-13-5-7-15-12-20-22-18(15)11-13/h1-7,10-12,17H,8-9H2,(H,20,22)(H,21,23). The summed E-state index contributed by atoms with van der Waals surface area (Å²) in [5.74, 6) is -0.0589. The first-order valence-electron chi connectivity index (χ1n) is 7.79. The van der Waals surface area contributed by atoms with Gasteiger partial charge in [0.2, 0.25) is 5.91 Å². The molecule has 4 heteroatoms. The zero-order chi connectivity index (χ0) is 15.6. The number of hydrogen-bond acceptors (Lipinski definition) is 2. The molecule has 2 N–H and O–H groups in total. The van der Waals surface area contributed by atoms with Crippen molar-refractivity contribution in [1.82, 2.24) is 15.5 Å². The number of carbonyl (C=O) groups is 1. The van der Waals surface area contributed by atoms with Crippen molar-refractivity contribution in [3.63, 3.8) is 0 Å². The van der Waals surface area contributed by atoms with Crippen molar-refractivity contribution in [2.45, 2.75) is 18.9 Å². The molecule has 0 bridgehead atoms. The molecule has 1 amide bonds. The SMILES string of the molecule is O=C(C=Cc1ccc2cn[nH]c2c1)NC1CCc2ccccc21. The van der Waals surface area contributed by atoms with Gasteiger partial charge in [-0.25, -0.2) is 0 Å². The normalized spacial score (nSPS) is 16.8. The molecule has 1 heterocycles. The van der Waals surface area contributed by atoms with Crippen molar-refractivity contribution in [2.75, 3.05) is 0 Å². The molecule has 0 spiro atoms. The van der Waals surface area contributed by atoms with E-state index < -0.39 is 0 Å². The molecule has 1 aliphatic carbocycles. The van der Waals surface area contributed by atoms with Crippen molar-refractivity contribution in [2.24, 2.45) is 0 Å². The van der Waals surface area contributed by atoms with E-state index in [1.54, 1.807) is 12.3 Å². The molecule has 1 aliphatic rings. The Balaban J connectivity index is 1.46. The van der Waals surface area contributed by atoms with Gasteiger partial charge in [-0.05, 0) is 41.7 Å². The van der Waals surface area contributed by atoms with Gasteiger partial charge in [-0.1, -0.05) is 36.4 Å². The number of aromatic nitrogens is 2. The minimum Gasteiger partial charge on any atom is -0.346 e. The van der Waals surface area contributed by atoms with E-state index >= 15 is 0 Å². The van der Waals surface area contributed by atoms with E-state index in [4.69, 9.17) is 0 Å². The second kappa shape index (κ2) is 5.72. The molecule has 1 atom stereocenters. The summed E-state index contributed by atoms with van der Waals surface area (Å²) in [6.45, 7) is 0. The lowest BCUT2D eigenvalue weighted by molar-refractivity contribution is -0.117. The largest absolute Gasteiger partial charge is 0.346 e. The smallest absolute Gasteiger partial charge is 0.244 e. The number of fused-ring (bicyclic) bond motifs is 2. The van der Waals surface area contributed by atoms with Crippen molar-refractivity contribution < 1.29 is 4.79 Å². The van der Waals surface area contributed by atoms with Crippen molar-refractivity contribution in [3.8, 4) is 0 Å². The van der Waals surface area contributed by atoms with Gasteiger partial charge in [0.1, 0.15) is 0 Å². The third kappa shape index (κ3) is 2.75. The number of amides is 1. The van der Waals surface area contributed by atoms with E-state index in [0.717, 1.165) is 29.3 Å². The summed E-state index contributed by atoms with van der Waals surface area (Å²) in [4.78, 5) is 12.2.